The molecular formula is C19H15ClF4N6O. The maximum Gasteiger partial charge on any atom is 0.405 e. The summed E-state index contributed by atoms with van der Waals surface area (Å²) in [5.41, 5.74) is 1.08. The fourth-order valence-electron chi connectivity index (χ4n) is 4.16. The van der Waals surface area contributed by atoms with Gasteiger partial charge < -0.3 is 15.2 Å². The number of nitrogens with zero attached hydrogens (tertiary/aromatic N) is 4. The topological polar surface area (TPSA) is 86.8 Å². The Kier molecular flexibility index (Phi) is 4.54. The summed E-state index contributed by atoms with van der Waals surface area (Å²) in [6.07, 6.45) is 0.262. The molecule has 5 rings (SSSR count). The lowest BCUT2D eigenvalue weighted by molar-refractivity contribution is -0.139. The van der Waals surface area contributed by atoms with Crippen LogP contribution in [0.3, 0.4) is 0 Å². The van der Waals surface area contributed by atoms with Crippen LogP contribution in [-0.4, -0.2) is 51.2 Å². The van der Waals surface area contributed by atoms with E-state index in [4.69, 9.17) is 11.6 Å². The molecule has 2 fully saturated rings. The van der Waals surface area contributed by atoms with E-state index in [0.717, 1.165) is 6.20 Å². The van der Waals surface area contributed by atoms with Crippen LogP contribution in [0.4, 0.5) is 23.4 Å². The number of hydrogen-bond donors (Lipinski definition) is 2. The van der Waals surface area contributed by atoms with Crippen LogP contribution in [0.25, 0.3) is 22.4 Å². The first kappa shape index (κ1) is 20.0. The van der Waals surface area contributed by atoms with Gasteiger partial charge in [0.25, 0.3) is 0 Å². The zero-order chi connectivity index (χ0) is 21.9. The average molecular weight is 455 g/mol. The average Bonchev–Trinajstić information content (AvgIpc) is 3.18. The molecule has 1 amide bonds. The van der Waals surface area contributed by atoms with Crippen LogP contribution in [0.1, 0.15) is 6.42 Å². The van der Waals surface area contributed by atoms with Crippen LogP contribution in [0.5, 0.6) is 0 Å². The zero-order valence-electron chi connectivity index (χ0n) is 15.7. The maximum absolute atomic E-state index is 14.7. The smallest absolute Gasteiger partial charge is 0.345 e. The number of hydrogen-bond acceptors (Lipinski definition) is 5. The Labute approximate surface area is 177 Å². The molecule has 0 bridgehead atoms. The minimum atomic E-state index is -4.53. The third-order valence-electron chi connectivity index (χ3n) is 5.62. The Morgan fingerprint density at radius 1 is 1.32 bits per heavy atom. The molecule has 31 heavy (non-hydrogen) atoms. The number of carbonyl (C=O) groups excluding carboxylic acids is 1. The van der Waals surface area contributed by atoms with E-state index in [-0.39, 0.29) is 23.5 Å². The second kappa shape index (κ2) is 7.04. The van der Waals surface area contributed by atoms with Gasteiger partial charge >= 0.3 is 6.18 Å². The number of alkyl halides is 3. The second-order valence-electron chi connectivity index (χ2n) is 7.71. The van der Waals surface area contributed by atoms with E-state index in [1.807, 2.05) is 5.32 Å². The lowest BCUT2D eigenvalue weighted by Gasteiger charge is -2.28. The van der Waals surface area contributed by atoms with Gasteiger partial charge in [-0.3, -0.25) is 4.79 Å². The monoisotopic (exact) mass is 454 g/mol. The number of H-pyrrole nitrogens is 1. The fraction of sp³-hybridized carbons (Fsp3) is 0.368. The van der Waals surface area contributed by atoms with Gasteiger partial charge in [0.1, 0.15) is 18.2 Å². The Hall–Kier alpha value is -2.95. The maximum atomic E-state index is 14.7. The van der Waals surface area contributed by atoms with E-state index in [9.17, 15) is 22.4 Å². The molecule has 0 radical (unpaired) electrons. The molecule has 7 nitrogen and oxygen atoms in total. The molecule has 162 valence electrons. The predicted molar refractivity (Wildman–Crippen MR) is 104 cm³/mol. The fourth-order valence-corrected chi connectivity index (χ4v) is 4.32. The molecule has 1 saturated carbocycles. The second-order valence-corrected chi connectivity index (χ2v) is 8.14. The van der Waals surface area contributed by atoms with Gasteiger partial charge in [0, 0.05) is 29.9 Å². The van der Waals surface area contributed by atoms with Gasteiger partial charge in [0.15, 0.2) is 17.5 Å². The van der Waals surface area contributed by atoms with Crippen molar-refractivity contribution < 1.29 is 22.4 Å². The summed E-state index contributed by atoms with van der Waals surface area (Å²) >= 11 is 6.02. The number of aromatic amines is 1. The lowest BCUT2D eigenvalue weighted by Crippen LogP contribution is -2.48. The van der Waals surface area contributed by atoms with Crippen molar-refractivity contribution in [1.29, 1.82) is 0 Å². The summed E-state index contributed by atoms with van der Waals surface area (Å²) < 4.78 is 52.3. The molecule has 0 spiro atoms. The largest absolute Gasteiger partial charge is 0.405 e. The van der Waals surface area contributed by atoms with Crippen LogP contribution in [0, 0.1) is 17.7 Å². The summed E-state index contributed by atoms with van der Waals surface area (Å²) in [5, 5.41) is 2.95. The Balaban J connectivity index is 1.48. The number of carbonyl (C=O) groups is 1. The molecule has 0 unspecified atom stereocenters. The highest BCUT2D eigenvalue weighted by Gasteiger charge is 2.56. The van der Waals surface area contributed by atoms with E-state index in [2.05, 4.69) is 19.9 Å². The van der Waals surface area contributed by atoms with Gasteiger partial charge in [0.2, 0.25) is 5.91 Å². The molecule has 12 heteroatoms. The molecule has 1 aliphatic carbocycles. The third kappa shape index (κ3) is 3.67. The molecule has 2 aliphatic rings. The molecular weight excluding hydrogens is 440 g/mol. The molecule has 2 N–H and O–H groups in total. The number of rotatable bonds is 4. The van der Waals surface area contributed by atoms with E-state index < -0.39 is 30.5 Å². The lowest BCUT2D eigenvalue weighted by atomic mass is 10.1. The van der Waals surface area contributed by atoms with Crippen LogP contribution in [0.15, 0.2) is 24.7 Å². The minimum Gasteiger partial charge on any atom is -0.345 e. The van der Waals surface area contributed by atoms with Crippen LogP contribution in [-0.2, 0) is 4.79 Å². The van der Waals surface area contributed by atoms with Crippen molar-refractivity contribution in [2.45, 2.75) is 18.6 Å². The third-order valence-corrected chi connectivity index (χ3v) is 5.82. The van der Waals surface area contributed by atoms with Gasteiger partial charge in [-0.1, -0.05) is 11.6 Å². The number of anilines is 1. The molecule has 1 saturated heterocycles. The summed E-state index contributed by atoms with van der Waals surface area (Å²) in [4.78, 5) is 29.4. The SMILES string of the molecule is O=C(NCC(F)(F)F)[C@@H]1[C@H]2C[C@@H]2CN1c1nc(-c2c[nH]c3ncc(Cl)cc23)ncc1F. The van der Waals surface area contributed by atoms with Crippen LogP contribution < -0.4 is 10.2 Å². The van der Waals surface area contributed by atoms with Crippen LogP contribution in [0.2, 0.25) is 5.02 Å². The number of nitrogens with one attached hydrogen (secondary N) is 2. The summed E-state index contributed by atoms with van der Waals surface area (Å²) in [5.74, 6) is -1.48. The predicted octanol–water partition coefficient (Wildman–Crippen LogP) is 3.32. The minimum absolute atomic E-state index is 0.117. The van der Waals surface area contributed by atoms with Crippen molar-refractivity contribution in [2.75, 3.05) is 18.0 Å². The standard InChI is InChI=1S/C19H15ClF4N6O/c20-9-2-11-12(4-26-15(11)25-3-9)16-27-5-13(21)17(29-16)30-6-8-1-10(8)14(30)18(31)28-7-19(22,23)24/h2-5,8,10,14H,1,6-7H2,(H,25,26)(H,28,31)/t8-,10+,14+/m1/s1. The van der Waals surface area contributed by atoms with Crippen LogP contribution >= 0.6 is 11.6 Å². The molecule has 1 aliphatic heterocycles. The van der Waals surface area contributed by atoms with E-state index >= 15 is 0 Å². The van der Waals surface area contributed by atoms with Gasteiger partial charge in [0.05, 0.1) is 11.2 Å². The summed E-state index contributed by atoms with van der Waals surface area (Å²) in [6, 6.07) is 0.754. The number of halogens is 5. The number of pyridine rings is 1. The van der Waals surface area contributed by atoms with Gasteiger partial charge in [-0.15, -0.1) is 0 Å². The van der Waals surface area contributed by atoms with Crippen molar-refractivity contribution in [2.24, 2.45) is 11.8 Å². The van der Waals surface area contributed by atoms with Gasteiger partial charge in [-0.05, 0) is 24.3 Å². The van der Waals surface area contributed by atoms with Crippen molar-refractivity contribution >= 4 is 34.4 Å². The highest BCUT2D eigenvalue weighted by molar-refractivity contribution is 6.31. The first-order valence-electron chi connectivity index (χ1n) is 9.48. The number of fused-ring (bicyclic) bond motifs is 2. The molecule has 4 heterocycles. The highest BCUT2D eigenvalue weighted by Crippen LogP contribution is 2.51. The molecule has 3 aromatic heterocycles. The normalized spacial score (nSPS) is 22.6. The first-order valence-corrected chi connectivity index (χ1v) is 9.86. The summed E-state index contributed by atoms with van der Waals surface area (Å²) in [7, 11) is 0. The molecule has 3 atom stereocenters. The highest BCUT2D eigenvalue weighted by atomic mass is 35.5. The number of amides is 1. The van der Waals surface area contributed by atoms with Gasteiger partial charge in [-0.2, -0.15) is 13.2 Å². The van der Waals surface area contributed by atoms with Crippen molar-refractivity contribution in [3.8, 4) is 11.4 Å². The number of aromatic nitrogens is 4. The molecule has 0 aromatic carbocycles. The quantitative estimate of drug-likeness (QED) is 0.591. The van der Waals surface area contributed by atoms with E-state index in [1.54, 1.807) is 12.3 Å². The van der Waals surface area contributed by atoms with Crippen molar-refractivity contribution in [1.82, 2.24) is 25.3 Å². The Morgan fingerprint density at radius 2 is 2.13 bits per heavy atom. The van der Waals surface area contributed by atoms with E-state index in [0.29, 0.717) is 34.6 Å². The zero-order valence-corrected chi connectivity index (χ0v) is 16.5. The van der Waals surface area contributed by atoms with Crippen molar-refractivity contribution in [3.05, 3.63) is 35.5 Å². The molecule has 3 aromatic rings. The number of piperidine rings is 1. The van der Waals surface area contributed by atoms with Crippen molar-refractivity contribution in [3.63, 3.8) is 0 Å². The van der Waals surface area contributed by atoms with Gasteiger partial charge in [-0.25, -0.2) is 19.3 Å². The first-order chi connectivity index (χ1) is 14.7. The Morgan fingerprint density at radius 3 is 2.90 bits per heavy atom. The van der Waals surface area contributed by atoms with E-state index in [1.165, 1.54) is 11.1 Å². The Bertz CT molecular complexity index is 1180. The summed E-state index contributed by atoms with van der Waals surface area (Å²) in [6.45, 7) is -1.10.